The number of halogens is 1. The highest BCUT2D eigenvalue weighted by molar-refractivity contribution is 5.93. The van der Waals surface area contributed by atoms with Crippen LogP contribution in [0, 0.1) is 5.82 Å². The monoisotopic (exact) mass is 376 g/mol. The van der Waals surface area contributed by atoms with Gasteiger partial charge in [-0.1, -0.05) is 6.07 Å². The molecule has 1 aromatic heterocycles. The fraction of sp³-hybridized carbons (Fsp3) is 0. The van der Waals surface area contributed by atoms with Crippen molar-refractivity contribution in [1.29, 1.82) is 0 Å². The van der Waals surface area contributed by atoms with Crippen molar-refractivity contribution in [3.8, 4) is 17.2 Å². The summed E-state index contributed by atoms with van der Waals surface area (Å²) in [6, 6.07) is 15.0. The number of hydrogen-bond acceptors (Lipinski definition) is 5. The Labute approximate surface area is 158 Å². The minimum atomic E-state index is -1.09. The molecule has 0 saturated heterocycles. The van der Waals surface area contributed by atoms with E-state index in [-0.39, 0.29) is 22.7 Å². The maximum atomic E-state index is 13.4. The molecule has 0 spiro atoms. The summed E-state index contributed by atoms with van der Waals surface area (Å²) in [6.45, 7) is 0. The number of aromatic carboxylic acids is 1. The number of rotatable bonds is 4. The molecular weight excluding hydrogens is 363 g/mol. The number of benzene rings is 3. The highest BCUT2D eigenvalue weighted by Gasteiger charge is 2.10. The van der Waals surface area contributed by atoms with Crippen LogP contribution in [-0.4, -0.2) is 27.4 Å². The molecule has 6 nitrogen and oxygen atoms in total. The van der Waals surface area contributed by atoms with Crippen molar-refractivity contribution in [3.63, 3.8) is 0 Å². The lowest BCUT2D eigenvalue weighted by Gasteiger charge is -2.00. The number of fused-ring (bicyclic) bond motifs is 1. The van der Waals surface area contributed by atoms with E-state index in [0.29, 0.717) is 28.2 Å². The van der Waals surface area contributed by atoms with Gasteiger partial charge in [0.15, 0.2) is 5.58 Å². The summed E-state index contributed by atoms with van der Waals surface area (Å²) in [4.78, 5) is 19.7. The lowest BCUT2D eigenvalue weighted by atomic mass is 10.1. The Bertz CT molecular complexity index is 1230. The SMILES string of the molecule is O=C(O)c1ccc(O)c(C=Nc2ccc3oc(-c4cccc(F)c4)nc3c2)c1. The van der Waals surface area contributed by atoms with E-state index in [9.17, 15) is 14.3 Å². The quantitative estimate of drug-likeness (QED) is 0.499. The van der Waals surface area contributed by atoms with Crippen molar-refractivity contribution in [2.45, 2.75) is 0 Å². The first-order valence-electron chi connectivity index (χ1n) is 8.26. The fourth-order valence-corrected chi connectivity index (χ4v) is 2.68. The van der Waals surface area contributed by atoms with E-state index in [1.165, 1.54) is 36.5 Å². The van der Waals surface area contributed by atoms with E-state index in [2.05, 4.69) is 9.98 Å². The second kappa shape index (κ2) is 6.96. The largest absolute Gasteiger partial charge is 0.507 e. The minimum absolute atomic E-state index is 0.0472. The van der Waals surface area contributed by atoms with Gasteiger partial charge in [0, 0.05) is 17.3 Å². The Morgan fingerprint density at radius 1 is 1.11 bits per heavy atom. The van der Waals surface area contributed by atoms with Gasteiger partial charge in [0.25, 0.3) is 0 Å². The molecule has 0 saturated carbocycles. The topological polar surface area (TPSA) is 95.9 Å². The summed E-state index contributed by atoms with van der Waals surface area (Å²) >= 11 is 0. The van der Waals surface area contributed by atoms with Gasteiger partial charge < -0.3 is 14.6 Å². The first kappa shape index (κ1) is 17.4. The second-order valence-corrected chi connectivity index (χ2v) is 6.02. The van der Waals surface area contributed by atoms with E-state index in [1.807, 2.05) is 0 Å². The number of aliphatic imine (C=N–C) groups is 1. The molecule has 0 unspecified atom stereocenters. The third-order valence-electron chi connectivity index (χ3n) is 4.07. The molecule has 0 aliphatic rings. The summed E-state index contributed by atoms with van der Waals surface area (Å²) < 4.78 is 19.1. The molecule has 1 heterocycles. The number of aromatic nitrogens is 1. The lowest BCUT2D eigenvalue weighted by molar-refractivity contribution is 0.0697. The van der Waals surface area contributed by atoms with Gasteiger partial charge in [-0.3, -0.25) is 4.99 Å². The number of carboxylic acids is 1. The second-order valence-electron chi connectivity index (χ2n) is 6.02. The molecule has 0 aliphatic carbocycles. The molecule has 3 aromatic carbocycles. The third-order valence-corrected chi connectivity index (χ3v) is 4.07. The van der Waals surface area contributed by atoms with Crippen molar-refractivity contribution in [2.24, 2.45) is 4.99 Å². The number of carbonyl (C=O) groups is 1. The number of phenolic OH excluding ortho intramolecular Hbond substituents is 1. The predicted molar refractivity (Wildman–Crippen MR) is 102 cm³/mol. The minimum Gasteiger partial charge on any atom is -0.507 e. The van der Waals surface area contributed by atoms with Crippen molar-refractivity contribution in [1.82, 2.24) is 4.98 Å². The normalized spacial score (nSPS) is 11.3. The molecule has 0 radical (unpaired) electrons. The molecule has 0 aliphatic heterocycles. The molecular formula is C21H13FN2O4. The molecule has 2 N–H and O–H groups in total. The Hall–Kier alpha value is -4.00. The zero-order valence-corrected chi connectivity index (χ0v) is 14.3. The van der Waals surface area contributed by atoms with E-state index in [4.69, 9.17) is 9.52 Å². The summed E-state index contributed by atoms with van der Waals surface area (Å²) in [5.74, 6) is -1.26. The van der Waals surface area contributed by atoms with Gasteiger partial charge in [0.05, 0.1) is 11.3 Å². The van der Waals surface area contributed by atoms with E-state index in [0.717, 1.165) is 0 Å². The van der Waals surface area contributed by atoms with Gasteiger partial charge in [-0.2, -0.15) is 0 Å². The molecule has 138 valence electrons. The summed E-state index contributed by atoms with van der Waals surface area (Å²) in [6.07, 6.45) is 1.37. The molecule has 0 bridgehead atoms. The zero-order valence-electron chi connectivity index (χ0n) is 14.3. The fourth-order valence-electron chi connectivity index (χ4n) is 2.68. The van der Waals surface area contributed by atoms with Crippen molar-refractivity contribution < 1.29 is 23.8 Å². The van der Waals surface area contributed by atoms with Gasteiger partial charge >= 0.3 is 5.97 Å². The number of carboxylic acid groups (broad SMARTS) is 1. The molecule has 0 atom stereocenters. The van der Waals surface area contributed by atoms with Gasteiger partial charge in [-0.05, 0) is 54.6 Å². The third kappa shape index (κ3) is 3.45. The zero-order chi connectivity index (χ0) is 19.7. The summed E-state index contributed by atoms with van der Waals surface area (Å²) in [5, 5.41) is 18.9. The Morgan fingerprint density at radius 3 is 2.75 bits per heavy atom. The van der Waals surface area contributed by atoms with Gasteiger partial charge in [-0.15, -0.1) is 0 Å². The van der Waals surface area contributed by atoms with Crippen molar-refractivity contribution in [3.05, 3.63) is 77.6 Å². The Kier molecular flexibility index (Phi) is 4.33. The van der Waals surface area contributed by atoms with Crippen LogP contribution < -0.4 is 0 Å². The van der Waals surface area contributed by atoms with Crippen LogP contribution in [0.15, 0.2) is 70.1 Å². The van der Waals surface area contributed by atoms with E-state index in [1.54, 1.807) is 30.3 Å². The van der Waals surface area contributed by atoms with E-state index >= 15 is 0 Å². The van der Waals surface area contributed by atoms with Gasteiger partial charge in [0.2, 0.25) is 5.89 Å². The van der Waals surface area contributed by atoms with Gasteiger partial charge in [0.1, 0.15) is 17.1 Å². The average molecular weight is 376 g/mol. The maximum absolute atomic E-state index is 13.4. The number of hydrogen-bond donors (Lipinski definition) is 2. The molecule has 7 heteroatoms. The smallest absolute Gasteiger partial charge is 0.335 e. The number of aromatic hydroxyl groups is 1. The van der Waals surface area contributed by atoms with Crippen LogP contribution in [0.5, 0.6) is 5.75 Å². The maximum Gasteiger partial charge on any atom is 0.335 e. The number of nitrogens with zero attached hydrogens (tertiary/aromatic N) is 2. The summed E-state index contributed by atoms with van der Waals surface area (Å²) in [7, 11) is 0. The van der Waals surface area contributed by atoms with Crippen molar-refractivity contribution >= 4 is 29.0 Å². The molecule has 0 fully saturated rings. The number of oxazole rings is 1. The molecule has 28 heavy (non-hydrogen) atoms. The predicted octanol–water partition coefficient (Wildman–Crippen LogP) is 4.79. The van der Waals surface area contributed by atoms with Crippen LogP contribution in [-0.2, 0) is 0 Å². The van der Waals surface area contributed by atoms with Gasteiger partial charge in [-0.25, -0.2) is 14.2 Å². The first-order valence-corrected chi connectivity index (χ1v) is 8.26. The Morgan fingerprint density at radius 2 is 1.96 bits per heavy atom. The summed E-state index contributed by atoms with van der Waals surface area (Å²) in [5.41, 5.74) is 2.45. The molecule has 0 amide bonds. The highest BCUT2D eigenvalue weighted by Crippen LogP contribution is 2.27. The molecule has 4 rings (SSSR count). The first-order chi connectivity index (χ1) is 13.5. The van der Waals surface area contributed by atoms with E-state index < -0.39 is 5.97 Å². The lowest BCUT2D eigenvalue weighted by Crippen LogP contribution is -1.97. The molecule has 4 aromatic rings. The van der Waals surface area contributed by atoms with Crippen molar-refractivity contribution in [2.75, 3.05) is 0 Å². The van der Waals surface area contributed by atoms with Crippen LogP contribution in [0.25, 0.3) is 22.6 Å². The van der Waals surface area contributed by atoms with Crippen LogP contribution in [0.3, 0.4) is 0 Å². The van der Waals surface area contributed by atoms with Crippen LogP contribution >= 0.6 is 0 Å². The van der Waals surface area contributed by atoms with Crippen LogP contribution in [0.4, 0.5) is 10.1 Å². The van der Waals surface area contributed by atoms with Crippen LogP contribution in [0.2, 0.25) is 0 Å². The number of phenols is 1. The van der Waals surface area contributed by atoms with Crippen LogP contribution in [0.1, 0.15) is 15.9 Å². The average Bonchev–Trinajstić information content (AvgIpc) is 3.10. The highest BCUT2D eigenvalue weighted by atomic mass is 19.1. The Balaban J connectivity index is 1.66. The standard InChI is InChI=1S/C21H13FN2O4/c22-15-3-1-2-12(9-15)20-24-17-10-16(5-7-19(17)28-20)23-11-14-8-13(21(26)27)4-6-18(14)25/h1-11,25H,(H,26,27).